The summed E-state index contributed by atoms with van der Waals surface area (Å²) in [5, 5.41) is 4.51. The molecule has 0 radical (unpaired) electrons. The maximum atomic E-state index is 4.60. The van der Waals surface area contributed by atoms with Gasteiger partial charge in [-0.05, 0) is 31.0 Å². The fourth-order valence-corrected chi connectivity index (χ4v) is 1.98. The van der Waals surface area contributed by atoms with Gasteiger partial charge in [-0.3, -0.25) is 0 Å². The van der Waals surface area contributed by atoms with Crippen molar-refractivity contribution in [2.45, 2.75) is 13.8 Å². The molecule has 0 saturated heterocycles. The van der Waals surface area contributed by atoms with Crippen molar-refractivity contribution in [2.24, 2.45) is 0 Å². The first-order valence-corrected chi connectivity index (χ1v) is 5.64. The van der Waals surface area contributed by atoms with Crippen LogP contribution in [0, 0.1) is 13.8 Å². The molecular weight excluding hydrogens is 210 g/mol. The molecule has 0 aliphatic heterocycles. The third-order valence-corrected chi connectivity index (χ3v) is 2.94. The van der Waals surface area contributed by atoms with Crippen LogP contribution in [-0.2, 0) is 0 Å². The molecule has 0 unspecified atom stereocenters. The minimum Gasteiger partial charge on any atom is -0.220 e. The van der Waals surface area contributed by atoms with E-state index >= 15 is 0 Å². The number of rotatable bonds is 1. The Morgan fingerprint density at radius 3 is 2.47 bits per heavy atom. The Morgan fingerprint density at radius 2 is 1.71 bits per heavy atom. The van der Waals surface area contributed by atoms with Crippen LogP contribution in [0.4, 0.5) is 0 Å². The van der Waals surface area contributed by atoms with Crippen LogP contribution in [0.5, 0.6) is 0 Å². The lowest BCUT2D eigenvalue weighted by atomic mass is 10.1. The van der Waals surface area contributed by atoms with Gasteiger partial charge in [0.25, 0.3) is 0 Å². The molecule has 3 heteroatoms. The van der Waals surface area contributed by atoms with E-state index in [1.54, 1.807) is 0 Å². The van der Waals surface area contributed by atoms with E-state index in [-0.39, 0.29) is 0 Å². The number of pyridine rings is 1. The van der Waals surface area contributed by atoms with Crippen LogP contribution in [0.2, 0.25) is 0 Å². The maximum absolute atomic E-state index is 4.60. The fraction of sp³-hybridized carbons (Fsp3) is 0.143. The number of hydrogen-bond acceptors (Lipinski definition) is 2. The smallest absolute Gasteiger partial charge is 0.182 e. The van der Waals surface area contributed by atoms with E-state index in [9.17, 15) is 0 Å². The van der Waals surface area contributed by atoms with Gasteiger partial charge in [-0.25, -0.2) is 9.50 Å². The van der Waals surface area contributed by atoms with Crippen LogP contribution in [0.3, 0.4) is 0 Å². The van der Waals surface area contributed by atoms with Crippen LogP contribution in [-0.4, -0.2) is 14.6 Å². The lowest BCUT2D eigenvalue weighted by Crippen LogP contribution is -1.88. The van der Waals surface area contributed by atoms with Crippen LogP contribution < -0.4 is 0 Å². The molecule has 0 aliphatic carbocycles. The molecule has 0 atom stereocenters. The topological polar surface area (TPSA) is 30.2 Å². The lowest BCUT2D eigenvalue weighted by Gasteiger charge is -1.98. The zero-order valence-corrected chi connectivity index (χ0v) is 9.88. The summed E-state index contributed by atoms with van der Waals surface area (Å²) in [7, 11) is 0. The van der Waals surface area contributed by atoms with E-state index in [0.717, 1.165) is 22.6 Å². The molecule has 84 valence electrons. The van der Waals surface area contributed by atoms with E-state index < -0.39 is 0 Å². The maximum Gasteiger partial charge on any atom is 0.182 e. The molecule has 2 heterocycles. The highest BCUT2D eigenvalue weighted by molar-refractivity contribution is 5.63. The molecule has 0 aliphatic rings. The van der Waals surface area contributed by atoms with Crippen molar-refractivity contribution in [1.82, 2.24) is 14.6 Å². The van der Waals surface area contributed by atoms with Crippen LogP contribution in [0.1, 0.15) is 11.1 Å². The summed E-state index contributed by atoms with van der Waals surface area (Å²) in [6, 6.07) is 12.2. The number of benzene rings is 1. The summed E-state index contributed by atoms with van der Waals surface area (Å²) in [4.78, 5) is 4.60. The van der Waals surface area contributed by atoms with Crippen molar-refractivity contribution in [3.8, 4) is 11.4 Å². The molecule has 0 spiro atoms. The molecule has 3 aromatic rings. The SMILES string of the molecule is Cc1ccccc1-c1nc2c(C)cccn2n1. The first kappa shape index (κ1) is 10.0. The summed E-state index contributed by atoms with van der Waals surface area (Å²) < 4.78 is 1.83. The molecule has 17 heavy (non-hydrogen) atoms. The zero-order chi connectivity index (χ0) is 11.8. The average molecular weight is 223 g/mol. The molecule has 3 rings (SSSR count). The average Bonchev–Trinajstić information content (AvgIpc) is 2.75. The second kappa shape index (κ2) is 3.70. The van der Waals surface area contributed by atoms with Crippen LogP contribution in [0.15, 0.2) is 42.6 Å². The van der Waals surface area contributed by atoms with Gasteiger partial charge in [-0.2, -0.15) is 0 Å². The standard InChI is InChI=1S/C14H13N3/c1-10-6-3-4-8-12(10)13-15-14-11(2)7-5-9-17(14)16-13/h3-9H,1-2H3. The monoisotopic (exact) mass is 223 g/mol. The molecule has 0 fully saturated rings. The first-order valence-electron chi connectivity index (χ1n) is 5.64. The summed E-state index contributed by atoms with van der Waals surface area (Å²) in [5.74, 6) is 0.789. The van der Waals surface area contributed by atoms with Gasteiger partial charge in [0.1, 0.15) is 0 Å². The molecular formula is C14H13N3. The molecule has 0 saturated carbocycles. The van der Waals surface area contributed by atoms with Gasteiger partial charge in [-0.15, -0.1) is 5.10 Å². The Balaban J connectivity index is 2.26. The van der Waals surface area contributed by atoms with Gasteiger partial charge < -0.3 is 0 Å². The molecule has 0 amide bonds. The Bertz CT molecular complexity index is 683. The Labute approximate surface area is 99.7 Å². The van der Waals surface area contributed by atoms with Crippen LogP contribution >= 0.6 is 0 Å². The number of aryl methyl sites for hydroxylation is 2. The summed E-state index contributed by atoms with van der Waals surface area (Å²) in [6.07, 6.45) is 1.93. The van der Waals surface area contributed by atoms with E-state index in [4.69, 9.17) is 0 Å². The first-order chi connectivity index (χ1) is 8.25. The molecule has 0 N–H and O–H groups in total. The number of fused-ring (bicyclic) bond motifs is 1. The van der Waals surface area contributed by atoms with E-state index in [2.05, 4.69) is 29.1 Å². The molecule has 3 nitrogen and oxygen atoms in total. The van der Waals surface area contributed by atoms with Crippen molar-refractivity contribution in [2.75, 3.05) is 0 Å². The van der Waals surface area contributed by atoms with Crippen molar-refractivity contribution in [1.29, 1.82) is 0 Å². The molecule has 2 aromatic heterocycles. The lowest BCUT2D eigenvalue weighted by molar-refractivity contribution is 0.959. The predicted octanol–water partition coefficient (Wildman–Crippen LogP) is 3.01. The highest BCUT2D eigenvalue weighted by Crippen LogP contribution is 2.20. The third kappa shape index (κ3) is 1.60. The Hall–Kier alpha value is -2.16. The van der Waals surface area contributed by atoms with Crippen molar-refractivity contribution in [3.63, 3.8) is 0 Å². The zero-order valence-electron chi connectivity index (χ0n) is 9.88. The van der Waals surface area contributed by atoms with Gasteiger partial charge >= 0.3 is 0 Å². The fourth-order valence-electron chi connectivity index (χ4n) is 1.98. The quantitative estimate of drug-likeness (QED) is 0.634. The van der Waals surface area contributed by atoms with E-state index in [1.807, 2.05) is 41.9 Å². The normalized spacial score (nSPS) is 10.9. The minimum atomic E-state index is 0.789. The van der Waals surface area contributed by atoms with Gasteiger partial charge in [0.2, 0.25) is 0 Å². The van der Waals surface area contributed by atoms with Gasteiger partial charge in [0.15, 0.2) is 11.5 Å². The van der Waals surface area contributed by atoms with Crippen molar-refractivity contribution >= 4 is 5.65 Å². The van der Waals surface area contributed by atoms with Crippen molar-refractivity contribution in [3.05, 3.63) is 53.7 Å². The van der Waals surface area contributed by atoms with Crippen LogP contribution in [0.25, 0.3) is 17.0 Å². The van der Waals surface area contributed by atoms with E-state index in [1.165, 1.54) is 5.56 Å². The van der Waals surface area contributed by atoms with Gasteiger partial charge in [-0.1, -0.05) is 30.3 Å². The summed E-state index contributed by atoms with van der Waals surface area (Å²) in [5.41, 5.74) is 4.35. The third-order valence-electron chi connectivity index (χ3n) is 2.94. The second-order valence-corrected chi connectivity index (χ2v) is 4.21. The Kier molecular flexibility index (Phi) is 2.18. The summed E-state index contributed by atoms with van der Waals surface area (Å²) >= 11 is 0. The number of aromatic nitrogens is 3. The summed E-state index contributed by atoms with van der Waals surface area (Å²) in [6.45, 7) is 4.12. The van der Waals surface area contributed by atoms with Gasteiger partial charge in [0, 0.05) is 11.8 Å². The highest BCUT2D eigenvalue weighted by Gasteiger charge is 2.09. The van der Waals surface area contributed by atoms with Gasteiger partial charge in [0.05, 0.1) is 0 Å². The Morgan fingerprint density at radius 1 is 0.941 bits per heavy atom. The number of hydrogen-bond donors (Lipinski definition) is 0. The largest absolute Gasteiger partial charge is 0.220 e. The van der Waals surface area contributed by atoms with Crippen molar-refractivity contribution < 1.29 is 0 Å². The molecule has 1 aromatic carbocycles. The second-order valence-electron chi connectivity index (χ2n) is 4.21. The number of nitrogens with zero attached hydrogens (tertiary/aromatic N) is 3. The van der Waals surface area contributed by atoms with E-state index in [0.29, 0.717) is 0 Å². The highest BCUT2D eigenvalue weighted by atomic mass is 15.3. The minimum absolute atomic E-state index is 0.789. The molecule has 0 bridgehead atoms. The predicted molar refractivity (Wildman–Crippen MR) is 67.9 cm³/mol.